The summed E-state index contributed by atoms with van der Waals surface area (Å²) >= 11 is 3.60. The third-order valence-electron chi connectivity index (χ3n) is 10.3. The van der Waals surface area contributed by atoms with Crippen LogP contribution in [0.1, 0.15) is 81.1 Å². The highest BCUT2D eigenvalue weighted by molar-refractivity contribution is 9.10. The van der Waals surface area contributed by atoms with Gasteiger partial charge >= 0.3 is 0 Å². The molecular formula is C43H52BrN9. The third kappa shape index (κ3) is 8.61. The van der Waals surface area contributed by atoms with Gasteiger partial charge in [-0.15, -0.1) is 0 Å². The molecule has 2 N–H and O–H groups in total. The molecule has 2 aliphatic rings. The van der Waals surface area contributed by atoms with E-state index in [1.54, 1.807) is 0 Å². The minimum absolute atomic E-state index is 0.0478. The van der Waals surface area contributed by atoms with Crippen LogP contribution in [0.3, 0.4) is 0 Å². The lowest BCUT2D eigenvalue weighted by Gasteiger charge is -2.55. The second kappa shape index (κ2) is 14.2. The van der Waals surface area contributed by atoms with Crippen LogP contribution in [0.5, 0.6) is 0 Å². The number of rotatable bonds is 8. The average molecular weight is 775 g/mol. The van der Waals surface area contributed by atoms with E-state index in [0.717, 1.165) is 63.8 Å². The Bertz CT molecular complexity index is 2000. The normalized spacial score (nSPS) is 19.4. The fourth-order valence-corrected chi connectivity index (χ4v) is 9.26. The molecule has 0 spiro atoms. The van der Waals surface area contributed by atoms with Crippen LogP contribution in [-0.4, -0.2) is 59.2 Å². The Balaban J connectivity index is 1.39. The Morgan fingerprint density at radius 1 is 0.491 bits per heavy atom. The number of piperidine rings is 2. The van der Waals surface area contributed by atoms with Crippen LogP contribution in [-0.2, 0) is 0 Å². The van der Waals surface area contributed by atoms with E-state index in [9.17, 15) is 0 Å². The van der Waals surface area contributed by atoms with Crippen molar-refractivity contribution in [1.29, 1.82) is 0 Å². The van der Waals surface area contributed by atoms with Gasteiger partial charge in [-0.3, -0.25) is 4.98 Å². The Labute approximate surface area is 323 Å². The summed E-state index contributed by atoms with van der Waals surface area (Å²) in [7, 11) is 0. The monoisotopic (exact) mass is 773 g/mol. The molecule has 0 atom stereocenters. The highest BCUT2D eigenvalue weighted by Gasteiger charge is 2.47. The predicted molar refractivity (Wildman–Crippen MR) is 219 cm³/mol. The highest BCUT2D eigenvalue weighted by Crippen LogP contribution is 2.40. The zero-order valence-corrected chi connectivity index (χ0v) is 33.8. The van der Waals surface area contributed by atoms with Crippen LogP contribution < -0.4 is 20.7 Å². The molecule has 0 radical (unpaired) electrons. The van der Waals surface area contributed by atoms with E-state index < -0.39 is 0 Å². The van der Waals surface area contributed by atoms with E-state index in [2.05, 4.69) is 145 Å². The molecule has 2 saturated heterocycles. The summed E-state index contributed by atoms with van der Waals surface area (Å²) in [6, 6.07) is 25.0. The molecule has 2 aromatic carbocycles. The first-order chi connectivity index (χ1) is 25.1. The third-order valence-corrected chi connectivity index (χ3v) is 10.8. The van der Waals surface area contributed by atoms with E-state index in [1.165, 1.54) is 0 Å². The number of hydrazine groups is 1. The number of nitrogens with zero attached hydrogens (tertiary/aromatic N) is 7. The van der Waals surface area contributed by atoms with Gasteiger partial charge in [-0.2, -0.15) is 0 Å². The standard InChI is InChI=1S/C43H52BrN9/c1-40(2)25-34(26-41(3,4)50-40)52(38-46-23-19-36(48-38)31-11-9-29(10-12-31)30-17-21-45-22-18-30)53(35-27-42(5,6)51-43(7,8)28-35)39-47-24-20-37(49-39)32-13-15-33(44)16-14-32/h9-24,34-35,50-51H,25-28H2,1-8H3. The van der Waals surface area contributed by atoms with Gasteiger partial charge in [-0.1, -0.05) is 52.3 Å². The molecule has 5 heterocycles. The molecule has 3 aromatic heterocycles. The predicted octanol–water partition coefficient (Wildman–Crippen LogP) is 9.27. The zero-order valence-electron chi connectivity index (χ0n) is 32.2. The highest BCUT2D eigenvalue weighted by atomic mass is 79.9. The lowest BCUT2D eigenvalue weighted by molar-refractivity contribution is 0.136. The number of hydrogen-bond donors (Lipinski definition) is 2. The lowest BCUT2D eigenvalue weighted by atomic mass is 9.78. The number of anilines is 2. The fourth-order valence-electron chi connectivity index (χ4n) is 8.99. The summed E-state index contributed by atoms with van der Waals surface area (Å²) < 4.78 is 1.03. The second-order valence-electron chi connectivity index (χ2n) is 17.4. The SMILES string of the molecule is CC1(C)CC(N(c2nccc(-c3ccc(Br)cc3)n2)N(c2nccc(-c3ccc(-c4ccncc4)cc3)n2)C2CC(C)(C)NC(C)(C)C2)CC(C)(C)N1. The number of halogens is 1. The van der Waals surface area contributed by atoms with Crippen molar-refractivity contribution in [2.45, 2.75) is 115 Å². The molecule has 2 fully saturated rings. The van der Waals surface area contributed by atoms with Crippen molar-refractivity contribution in [3.05, 3.63) is 102 Å². The Hall–Kier alpha value is -4.25. The Morgan fingerprint density at radius 3 is 1.26 bits per heavy atom. The summed E-state index contributed by atoms with van der Waals surface area (Å²) in [6.07, 6.45) is 11.0. The van der Waals surface area contributed by atoms with E-state index >= 15 is 0 Å². The molecule has 0 aliphatic carbocycles. The molecule has 10 heteroatoms. The molecule has 0 bridgehead atoms. The first kappa shape index (κ1) is 37.1. The average Bonchev–Trinajstić information content (AvgIpc) is 3.09. The minimum atomic E-state index is -0.135. The van der Waals surface area contributed by atoms with Crippen LogP contribution in [0, 0.1) is 0 Å². The Morgan fingerprint density at radius 2 is 0.849 bits per heavy atom. The molecule has 0 unspecified atom stereocenters. The smallest absolute Gasteiger partial charge is 0.245 e. The van der Waals surface area contributed by atoms with Gasteiger partial charge in [0.25, 0.3) is 0 Å². The van der Waals surface area contributed by atoms with Gasteiger partial charge in [0.15, 0.2) is 0 Å². The molecule has 276 valence electrons. The summed E-state index contributed by atoms with van der Waals surface area (Å²) in [5, 5.41) is 12.5. The van der Waals surface area contributed by atoms with Gasteiger partial charge in [-0.05, 0) is 129 Å². The fraction of sp³-hybridized carbons (Fsp3) is 0.419. The summed E-state index contributed by atoms with van der Waals surface area (Å²) in [5.74, 6) is 1.29. The summed E-state index contributed by atoms with van der Waals surface area (Å²) in [4.78, 5) is 25.0. The quantitative estimate of drug-likeness (QED) is 0.150. The second-order valence-corrected chi connectivity index (χ2v) is 18.3. The molecule has 9 nitrogen and oxygen atoms in total. The van der Waals surface area contributed by atoms with Gasteiger partial charge < -0.3 is 10.6 Å². The van der Waals surface area contributed by atoms with Gasteiger partial charge in [0, 0.05) is 62.5 Å². The summed E-state index contributed by atoms with van der Waals surface area (Å²) in [6.45, 7) is 18.4. The first-order valence-corrected chi connectivity index (χ1v) is 19.4. The van der Waals surface area contributed by atoms with E-state index in [1.807, 2.05) is 49.1 Å². The number of aromatic nitrogens is 5. The van der Waals surface area contributed by atoms with Crippen LogP contribution in [0.25, 0.3) is 33.6 Å². The van der Waals surface area contributed by atoms with Crippen molar-refractivity contribution in [1.82, 2.24) is 35.6 Å². The lowest BCUT2D eigenvalue weighted by Crippen LogP contribution is -2.69. The number of nitrogens with one attached hydrogen (secondary N) is 2. The van der Waals surface area contributed by atoms with Crippen molar-refractivity contribution in [2.24, 2.45) is 0 Å². The molecule has 7 rings (SSSR count). The van der Waals surface area contributed by atoms with Gasteiger partial charge in [0.2, 0.25) is 11.9 Å². The van der Waals surface area contributed by atoms with Gasteiger partial charge in [0.05, 0.1) is 23.5 Å². The maximum absolute atomic E-state index is 5.39. The van der Waals surface area contributed by atoms with Gasteiger partial charge in [0.1, 0.15) is 0 Å². The van der Waals surface area contributed by atoms with Crippen molar-refractivity contribution < 1.29 is 0 Å². The van der Waals surface area contributed by atoms with Crippen LogP contribution in [0.2, 0.25) is 0 Å². The Kier molecular flexibility index (Phi) is 9.93. The molecule has 0 amide bonds. The molecule has 5 aromatic rings. The maximum Gasteiger partial charge on any atom is 0.245 e. The van der Waals surface area contributed by atoms with Crippen LogP contribution in [0.4, 0.5) is 11.9 Å². The number of hydrogen-bond acceptors (Lipinski definition) is 9. The minimum Gasteiger partial charge on any atom is -0.307 e. The molecular weight excluding hydrogens is 722 g/mol. The number of pyridine rings is 1. The first-order valence-electron chi connectivity index (χ1n) is 18.7. The molecule has 53 heavy (non-hydrogen) atoms. The topological polar surface area (TPSA) is 95.0 Å². The molecule has 2 aliphatic heterocycles. The van der Waals surface area contributed by atoms with Crippen molar-refractivity contribution in [2.75, 3.05) is 10.0 Å². The van der Waals surface area contributed by atoms with E-state index in [0.29, 0.717) is 11.9 Å². The van der Waals surface area contributed by atoms with Crippen molar-refractivity contribution in [3.8, 4) is 33.6 Å². The van der Waals surface area contributed by atoms with Crippen LogP contribution in [0.15, 0.2) is 102 Å². The van der Waals surface area contributed by atoms with Crippen molar-refractivity contribution >= 4 is 27.8 Å². The summed E-state index contributed by atoms with van der Waals surface area (Å²) in [5.41, 5.74) is 5.53. The maximum atomic E-state index is 5.39. The van der Waals surface area contributed by atoms with Gasteiger partial charge in [-0.25, -0.2) is 30.0 Å². The molecule has 0 saturated carbocycles. The van der Waals surface area contributed by atoms with Crippen molar-refractivity contribution in [3.63, 3.8) is 0 Å². The van der Waals surface area contributed by atoms with E-state index in [4.69, 9.17) is 19.9 Å². The largest absolute Gasteiger partial charge is 0.307 e. The van der Waals surface area contributed by atoms with E-state index in [-0.39, 0.29) is 34.2 Å². The van der Waals surface area contributed by atoms with Crippen LogP contribution >= 0.6 is 15.9 Å². The number of benzene rings is 2. The zero-order chi connectivity index (χ0) is 37.6.